The average Bonchev–Trinajstić information content (AvgIpc) is 2.99. The van der Waals surface area contributed by atoms with E-state index in [0.29, 0.717) is 10.8 Å². The maximum absolute atomic E-state index is 12.0. The van der Waals surface area contributed by atoms with Gasteiger partial charge in [-0.3, -0.25) is 0 Å². The molecule has 1 fully saturated rings. The van der Waals surface area contributed by atoms with E-state index in [-0.39, 0.29) is 5.25 Å². The molecular weight excluding hydrogens is 220 g/mol. The Morgan fingerprint density at radius 1 is 1.25 bits per heavy atom. The molecule has 88 valence electrons. The molecule has 16 heavy (non-hydrogen) atoms. The van der Waals surface area contributed by atoms with E-state index in [1.807, 2.05) is 19.1 Å². The molecule has 0 N–H and O–H groups in total. The Morgan fingerprint density at radius 3 is 2.31 bits per heavy atom. The Kier molecular flexibility index (Phi) is 2.82. The fourth-order valence-corrected chi connectivity index (χ4v) is 3.78. The van der Waals surface area contributed by atoms with E-state index in [0.717, 1.165) is 18.4 Å². The summed E-state index contributed by atoms with van der Waals surface area (Å²) in [6, 6.07) is 5.54. The first kappa shape index (κ1) is 11.6. The summed E-state index contributed by atoms with van der Waals surface area (Å²) in [6.07, 6.45) is 1.65. The van der Waals surface area contributed by atoms with Gasteiger partial charge in [0.15, 0.2) is 9.84 Å². The number of benzene rings is 1. The zero-order valence-corrected chi connectivity index (χ0v) is 10.8. The molecule has 0 heterocycles. The largest absolute Gasteiger partial charge is 0.223 e. The SMILES string of the molecule is Cc1cc(S(=O)(=O)C2CC2)ccc1C(C)C. The summed E-state index contributed by atoms with van der Waals surface area (Å²) in [4.78, 5) is 0.497. The third-order valence-electron chi connectivity index (χ3n) is 3.16. The van der Waals surface area contributed by atoms with Gasteiger partial charge in [-0.1, -0.05) is 19.9 Å². The predicted molar refractivity (Wildman–Crippen MR) is 65.5 cm³/mol. The van der Waals surface area contributed by atoms with E-state index < -0.39 is 9.84 Å². The molecule has 0 aromatic heterocycles. The van der Waals surface area contributed by atoms with Crippen molar-refractivity contribution in [1.29, 1.82) is 0 Å². The molecule has 1 aliphatic rings. The number of hydrogen-bond acceptors (Lipinski definition) is 2. The van der Waals surface area contributed by atoms with Gasteiger partial charge >= 0.3 is 0 Å². The molecule has 0 spiro atoms. The maximum Gasteiger partial charge on any atom is 0.181 e. The van der Waals surface area contributed by atoms with E-state index >= 15 is 0 Å². The quantitative estimate of drug-likeness (QED) is 0.811. The third-order valence-corrected chi connectivity index (χ3v) is 5.42. The lowest BCUT2D eigenvalue weighted by Crippen LogP contribution is -2.08. The zero-order chi connectivity index (χ0) is 11.9. The molecule has 0 saturated heterocycles. The van der Waals surface area contributed by atoms with Crippen LogP contribution in [-0.2, 0) is 9.84 Å². The Bertz CT molecular complexity index is 497. The van der Waals surface area contributed by atoms with Crippen LogP contribution in [0.1, 0.15) is 43.7 Å². The van der Waals surface area contributed by atoms with E-state index in [1.165, 1.54) is 5.56 Å². The average molecular weight is 238 g/mol. The van der Waals surface area contributed by atoms with Gasteiger partial charge in [0.1, 0.15) is 0 Å². The van der Waals surface area contributed by atoms with Gasteiger partial charge in [-0.2, -0.15) is 0 Å². The van der Waals surface area contributed by atoms with Gasteiger partial charge in [0, 0.05) is 0 Å². The van der Waals surface area contributed by atoms with Crippen LogP contribution in [0.3, 0.4) is 0 Å². The van der Waals surface area contributed by atoms with Crippen LogP contribution in [0.4, 0.5) is 0 Å². The van der Waals surface area contributed by atoms with Gasteiger partial charge in [-0.05, 0) is 48.9 Å². The highest BCUT2D eigenvalue weighted by molar-refractivity contribution is 7.92. The molecule has 0 unspecified atom stereocenters. The number of hydrogen-bond donors (Lipinski definition) is 0. The van der Waals surface area contributed by atoms with Crippen molar-refractivity contribution in [2.75, 3.05) is 0 Å². The first-order chi connectivity index (χ1) is 7.43. The summed E-state index contributed by atoms with van der Waals surface area (Å²) in [5, 5.41) is -0.114. The molecule has 0 atom stereocenters. The van der Waals surface area contributed by atoms with Gasteiger partial charge in [0.05, 0.1) is 10.1 Å². The van der Waals surface area contributed by atoms with Crippen molar-refractivity contribution in [2.24, 2.45) is 0 Å². The molecule has 2 nitrogen and oxygen atoms in total. The molecular formula is C13H18O2S. The molecule has 3 heteroatoms. The number of rotatable bonds is 3. The molecule has 0 aliphatic heterocycles. The monoisotopic (exact) mass is 238 g/mol. The first-order valence-corrected chi connectivity index (χ1v) is 7.32. The van der Waals surface area contributed by atoms with Crippen molar-refractivity contribution >= 4 is 9.84 Å². The minimum atomic E-state index is -3.03. The lowest BCUT2D eigenvalue weighted by molar-refractivity contribution is 0.594. The molecule has 1 saturated carbocycles. The van der Waals surface area contributed by atoms with E-state index in [2.05, 4.69) is 13.8 Å². The first-order valence-electron chi connectivity index (χ1n) is 5.77. The molecule has 2 rings (SSSR count). The van der Waals surface area contributed by atoms with Crippen LogP contribution in [0, 0.1) is 6.92 Å². The van der Waals surface area contributed by atoms with Crippen LogP contribution in [0.15, 0.2) is 23.1 Å². The van der Waals surface area contributed by atoms with Crippen LogP contribution in [0.5, 0.6) is 0 Å². The fraction of sp³-hybridized carbons (Fsp3) is 0.538. The summed E-state index contributed by atoms with van der Waals surface area (Å²) in [7, 11) is -3.03. The topological polar surface area (TPSA) is 34.1 Å². The predicted octanol–water partition coefficient (Wildman–Crippen LogP) is 3.05. The van der Waals surface area contributed by atoms with Crippen LogP contribution in [-0.4, -0.2) is 13.7 Å². The summed E-state index contributed by atoms with van der Waals surface area (Å²) >= 11 is 0. The summed E-state index contributed by atoms with van der Waals surface area (Å²) in [6.45, 7) is 6.23. The van der Waals surface area contributed by atoms with Gasteiger partial charge < -0.3 is 0 Å². The minimum Gasteiger partial charge on any atom is -0.223 e. The Balaban J connectivity index is 2.41. The summed E-state index contributed by atoms with van der Waals surface area (Å²) < 4.78 is 24.1. The van der Waals surface area contributed by atoms with Gasteiger partial charge in [0.25, 0.3) is 0 Å². The van der Waals surface area contributed by atoms with E-state index in [4.69, 9.17) is 0 Å². The highest BCUT2D eigenvalue weighted by atomic mass is 32.2. The second-order valence-corrected chi connectivity index (χ2v) is 7.15. The Hall–Kier alpha value is -0.830. The Morgan fingerprint density at radius 2 is 1.88 bits per heavy atom. The second kappa shape index (κ2) is 3.88. The van der Waals surface area contributed by atoms with Crippen molar-refractivity contribution in [3.63, 3.8) is 0 Å². The molecule has 1 aliphatic carbocycles. The number of aryl methyl sites for hydroxylation is 1. The van der Waals surface area contributed by atoms with Crippen LogP contribution < -0.4 is 0 Å². The fourth-order valence-electron chi connectivity index (χ4n) is 2.04. The van der Waals surface area contributed by atoms with Crippen molar-refractivity contribution in [1.82, 2.24) is 0 Å². The van der Waals surface area contributed by atoms with Crippen LogP contribution >= 0.6 is 0 Å². The molecule has 0 radical (unpaired) electrons. The highest BCUT2D eigenvalue weighted by Crippen LogP contribution is 2.34. The molecule has 0 amide bonds. The van der Waals surface area contributed by atoms with Crippen molar-refractivity contribution in [2.45, 2.75) is 49.7 Å². The summed E-state index contributed by atoms with van der Waals surface area (Å²) in [5.41, 5.74) is 2.31. The highest BCUT2D eigenvalue weighted by Gasteiger charge is 2.36. The van der Waals surface area contributed by atoms with Gasteiger partial charge in [-0.15, -0.1) is 0 Å². The third kappa shape index (κ3) is 2.01. The van der Waals surface area contributed by atoms with Crippen LogP contribution in [0.25, 0.3) is 0 Å². The molecule has 0 bridgehead atoms. The Labute approximate surface area is 97.6 Å². The number of sulfone groups is 1. The van der Waals surface area contributed by atoms with Gasteiger partial charge in [0.2, 0.25) is 0 Å². The van der Waals surface area contributed by atoms with Crippen molar-refractivity contribution < 1.29 is 8.42 Å². The van der Waals surface area contributed by atoms with Crippen LogP contribution in [0.2, 0.25) is 0 Å². The lowest BCUT2D eigenvalue weighted by Gasteiger charge is -2.11. The zero-order valence-electron chi connectivity index (χ0n) is 10.0. The van der Waals surface area contributed by atoms with E-state index in [9.17, 15) is 8.42 Å². The standard InChI is InChI=1S/C13H18O2S/c1-9(2)13-7-6-12(8-10(13)3)16(14,15)11-4-5-11/h6-9,11H,4-5H2,1-3H3. The van der Waals surface area contributed by atoms with E-state index in [1.54, 1.807) is 6.07 Å². The second-order valence-electron chi connectivity index (χ2n) is 4.92. The smallest absolute Gasteiger partial charge is 0.181 e. The molecule has 1 aromatic rings. The van der Waals surface area contributed by atoms with Crippen molar-refractivity contribution in [3.8, 4) is 0 Å². The normalized spacial score (nSPS) is 16.8. The van der Waals surface area contributed by atoms with Gasteiger partial charge in [-0.25, -0.2) is 8.42 Å². The molecule has 1 aromatic carbocycles. The minimum absolute atomic E-state index is 0.114. The maximum atomic E-state index is 12.0. The summed E-state index contributed by atoms with van der Waals surface area (Å²) in [5.74, 6) is 0.442. The lowest BCUT2D eigenvalue weighted by atomic mass is 9.98. The van der Waals surface area contributed by atoms with Crippen molar-refractivity contribution in [3.05, 3.63) is 29.3 Å².